The molecule has 10 heavy (non-hydrogen) atoms. The van der Waals surface area contributed by atoms with Crippen LogP contribution in [0.2, 0.25) is 0 Å². The van der Waals surface area contributed by atoms with Gasteiger partial charge in [0.25, 0.3) is 0 Å². The zero-order valence-corrected chi connectivity index (χ0v) is 7.19. The van der Waals surface area contributed by atoms with E-state index in [2.05, 4.69) is 19.9 Å². The monoisotopic (exact) mass is 160 g/mol. The third-order valence-electron chi connectivity index (χ3n) is 1.60. The molecular weight excluding hydrogens is 148 g/mol. The third kappa shape index (κ3) is 2.31. The van der Waals surface area contributed by atoms with Crippen molar-refractivity contribution in [3.05, 3.63) is 11.6 Å². The molecule has 0 aromatic carbocycles. The second-order valence-electron chi connectivity index (χ2n) is 2.88. The fourth-order valence-corrected chi connectivity index (χ4v) is 1.15. The van der Waals surface area contributed by atoms with Crippen LogP contribution in [-0.4, -0.2) is 18.1 Å². The number of hydrogen-bond donors (Lipinski definition) is 0. The van der Waals surface area contributed by atoms with Crippen molar-refractivity contribution < 1.29 is 4.74 Å². The first-order valence-electron chi connectivity index (χ1n) is 3.59. The van der Waals surface area contributed by atoms with Crippen LogP contribution in [0, 0.1) is 0 Å². The summed E-state index contributed by atoms with van der Waals surface area (Å²) in [5, 5.41) is 0. The van der Waals surface area contributed by atoms with Crippen LogP contribution in [0.25, 0.3) is 0 Å². The molecule has 1 rings (SSSR count). The summed E-state index contributed by atoms with van der Waals surface area (Å²) in [4.78, 5) is 0. The van der Waals surface area contributed by atoms with Gasteiger partial charge < -0.3 is 4.74 Å². The first kappa shape index (κ1) is 8.09. The molecule has 0 N–H and O–H groups in total. The zero-order valence-electron chi connectivity index (χ0n) is 6.43. The van der Waals surface area contributed by atoms with Crippen molar-refractivity contribution in [2.45, 2.75) is 32.5 Å². The van der Waals surface area contributed by atoms with Gasteiger partial charge in [-0.2, -0.15) is 0 Å². The molecule has 0 bridgehead atoms. The van der Waals surface area contributed by atoms with Gasteiger partial charge in [-0.1, -0.05) is 11.6 Å². The summed E-state index contributed by atoms with van der Waals surface area (Å²) >= 11 is 5.56. The van der Waals surface area contributed by atoms with E-state index in [0.29, 0.717) is 18.1 Å². The van der Waals surface area contributed by atoms with Gasteiger partial charge in [-0.3, -0.25) is 0 Å². The summed E-state index contributed by atoms with van der Waals surface area (Å²) in [6, 6.07) is 0. The van der Waals surface area contributed by atoms with Crippen molar-refractivity contribution in [1.82, 2.24) is 0 Å². The number of hydrogen-bond acceptors (Lipinski definition) is 1. The molecule has 1 heterocycles. The molecule has 0 aromatic rings. The van der Waals surface area contributed by atoms with Crippen LogP contribution in [0.5, 0.6) is 0 Å². The predicted octanol–water partition coefficient (Wildman–Crippen LogP) is 2.35. The Morgan fingerprint density at radius 2 is 2.20 bits per heavy atom. The van der Waals surface area contributed by atoms with E-state index < -0.39 is 0 Å². The van der Waals surface area contributed by atoms with Crippen molar-refractivity contribution in [2.24, 2.45) is 0 Å². The maximum atomic E-state index is 5.56. The number of halogens is 1. The normalized spacial score (nSPS) is 29.9. The molecule has 0 aromatic heterocycles. The summed E-state index contributed by atoms with van der Waals surface area (Å²) in [5.74, 6) is 0.640. The van der Waals surface area contributed by atoms with Gasteiger partial charge in [-0.05, 0) is 20.3 Å². The van der Waals surface area contributed by atoms with Crippen molar-refractivity contribution in [3.8, 4) is 0 Å². The van der Waals surface area contributed by atoms with E-state index in [4.69, 9.17) is 16.3 Å². The summed E-state index contributed by atoms with van der Waals surface area (Å²) in [6.45, 7) is 4.19. The Hall–Kier alpha value is -0.0100. The van der Waals surface area contributed by atoms with Crippen LogP contribution in [0.15, 0.2) is 11.6 Å². The molecule has 1 aliphatic rings. The van der Waals surface area contributed by atoms with Crippen molar-refractivity contribution in [1.29, 1.82) is 0 Å². The highest BCUT2D eigenvalue weighted by Gasteiger charge is 2.36. The molecule has 1 fully saturated rings. The van der Waals surface area contributed by atoms with E-state index in [1.807, 2.05) is 0 Å². The topological polar surface area (TPSA) is 12.5 Å². The molecule has 0 unspecified atom stereocenters. The molecule has 0 aliphatic carbocycles. The number of ether oxygens (including phenoxy) is 1. The quantitative estimate of drug-likeness (QED) is 0.351. The van der Waals surface area contributed by atoms with Crippen LogP contribution in [0.3, 0.4) is 0 Å². The van der Waals surface area contributed by atoms with Crippen LogP contribution in [0.1, 0.15) is 20.3 Å². The second kappa shape index (κ2) is 3.40. The summed E-state index contributed by atoms with van der Waals surface area (Å²) in [5.41, 5.74) is 1.35. The maximum absolute atomic E-state index is 5.56. The lowest BCUT2D eigenvalue weighted by molar-refractivity contribution is 0.381. The van der Waals surface area contributed by atoms with Gasteiger partial charge in [0.1, 0.15) is 0 Å². The minimum atomic E-state index is 0.331. The van der Waals surface area contributed by atoms with Crippen LogP contribution in [0.4, 0.5) is 0 Å². The van der Waals surface area contributed by atoms with Gasteiger partial charge in [0.05, 0.1) is 18.1 Å². The number of allylic oxidation sites excluding steroid dienone is 1. The standard InChI is InChI=1S/C8H13ClO/c1-6(2)3-4-7-8(5-9)10-7/h3,7-8H,4-5H2,1-2H3/t7-,8-/m1/s1. The lowest BCUT2D eigenvalue weighted by atomic mass is 10.2. The van der Waals surface area contributed by atoms with Gasteiger partial charge in [0, 0.05) is 0 Å². The van der Waals surface area contributed by atoms with Gasteiger partial charge in [-0.15, -0.1) is 11.6 Å². The first-order valence-corrected chi connectivity index (χ1v) is 4.12. The minimum absolute atomic E-state index is 0.331. The maximum Gasteiger partial charge on any atom is 0.0980 e. The molecule has 0 radical (unpaired) electrons. The Balaban J connectivity index is 2.12. The largest absolute Gasteiger partial charge is 0.368 e. The molecule has 0 spiro atoms. The summed E-state index contributed by atoms with van der Waals surface area (Å²) in [6.07, 6.45) is 3.96. The molecule has 0 amide bonds. The highest BCUT2D eigenvalue weighted by atomic mass is 35.5. The van der Waals surface area contributed by atoms with E-state index in [1.165, 1.54) is 5.57 Å². The summed E-state index contributed by atoms with van der Waals surface area (Å²) in [7, 11) is 0. The SMILES string of the molecule is CC(C)=CC[C@H]1O[C@@H]1CCl. The number of rotatable bonds is 3. The zero-order chi connectivity index (χ0) is 7.56. The molecule has 1 aliphatic heterocycles. The molecule has 1 saturated heterocycles. The molecule has 1 nitrogen and oxygen atoms in total. The van der Waals surface area contributed by atoms with Gasteiger partial charge >= 0.3 is 0 Å². The van der Waals surface area contributed by atoms with E-state index >= 15 is 0 Å². The van der Waals surface area contributed by atoms with Gasteiger partial charge in [0.15, 0.2) is 0 Å². The van der Waals surface area contributed by atoms with Crippen molar-refractivity contribution in [3.63, 3.8) is 0 Å². The molecule has 58 valence electrons. The van der Waals surface area contributed by atoms with Gasteiger partial charge in [0.2, 0.25) is 0 Å². The minimum Gasteiger partial charge on any atom is -0.368 e. The Bertz CT molecular complexity index is 138. The Morgan fingerprint density at radius 1 is 1.50 bits per heavy atom. The van der Waals surface area contributed by atoms with E-state index in [9.17, 15) is 0 Å². The Kier molecular flexibility index (Phi) is 2.75. The number of epoxide rings is 1. The van der Waals surface area contributed by atoms with E-state index in [-0.39, 0.29) is 0 Å². The number of alkyl halides is 1. The molecular formula is C8H13ClO. The lowest BCUT2D eigenvalue weighted by Gasteiger charge is -1.87. The van der Waals surface area contributed by atoms with Crippen molar-refractivity contribution in [2.75, 3.05) is 5.88 Å². The summed E-state index contributed by atoms with van der Waals surface area (Å²) < 4.78 is 5.24. The average Bonchev–Trinajstić information content (AvgIpc) is 2.61. The molecule has 0 saturated carbocycles. The Morgan fingerprint density at radius 3 is 2.60 bits per heavy atom. The van der Waals surface area contributed by atoms with Crippen LogP contribution < -0.4 is 0 Å². The van der Waals surface area contributed by atoms with Crippen LogP contribution in [-0.2, 0) is 4.74 Å². The second-order valence-corrected chi connectivity index (χ2v) is 3.19. The fourth-order valence-electron chi connectivity index (χ4n) is 0.874. The van der Waals surface area contributed by atoms with E-state index in [0.717, 1.165) is 6.42 Å². The smallest absolute Gasteiger partial charge is 0.0980 e. The van der Waals surface area contributed by atoms with Crippen molar-refractivity contribution >= 4 is 11.6 Å². The Labute approximate surface area is 67.0 Å². The lowest BCUT2D eigenvalue weighted by Crippen LogP contribution is -1.92. The highest BCUT2D eigenvalue weighted by Crippen LogP contribution is 2.26. The molecule has 2 atom stereocenters. The molecule has 2 heteroatoms. The van der Waals surface area contributed by atoms with Gasteiger partial charge in [-0.25, -0.2) is 0 Å². The highest BCUT2D eigenvalue weighted by molar-refractivity contribution is 6.18. The first-order chi connectivity index (χ1) is 4.74. The average molecular weight is 161 g/mol. The fraction of sp³-hybridized carbons (Fsp3) is 0.750. The predicted molar refractivity (Wildman–Crippen MR) is 43.4 cm³/mol. The van der Waals surface area contributed by atoms with E-state index in [1.54, 1.807) is 0 Å². The van der Waals surface area contributed by atoms with Crippen LogP contribution >= 0.6 is 11.6 Å². The third-order valence-corrected chi connectivity index (χ3v) is 1.90.